The number of rotatable bonds is 5. The Morgan fingerprint density at radius 3 is 2.33 bits per heavy atom. The highest BCUT2D eigenvalue weighted by atomic mass is 16.3. The Morgan fingerprint density at radius 2 is 1.67 bits per heavy atom. The maximum atomic E-state index is 11.7. The maximum Gasteiger partial charge on any atom is 0.309 e. The number of aliphatic hydroxyl groups is 1. The molecule has 114 valence electrons. The fraction of sp³-hybridized carbons (Fsp3) is 0.500. The molecule has 0 radical (unpaired) electrons. The lowest BCUT2D eigenvalue weighted by Crippen LogP contribution is -2.46. The smallest absolute Gasteiger partial charge is 0.309 e. The summed E-state index contributed by atoms with van der Waals surface area (Å²) in [6, 6.07) is 9.76. The average molecular weight is 290 g/mol. The second-order valence-corrected chi connectivity index (χ2v) is 5.61. The fourth-order valence-electron chi connectivity index (χ4n) is 2.58. The van der Waals surface area contributed by atoms with Crippen LogP contribution in [0.3, 0.4) is 0 Å². The Hall–Kier alpha value is -1.88. The Kier molecular flexibility index (Phi) is 5.33. The molecular formula is C16H22N2O3. The predicted molar refractivity (Wildman–Crippen MR) is 79.6 cm³/mol. The standard InChI is InChI=1S/C16H22N2O3/c19-14(17-11-8-13-6-2-1-3-7-13)15(20)18-12-16(21)9-4-5-10-16/h1-3,6-7,21H,4-5,8-12H2,(H,17,19)(H,18,20). The van der Waals surface area contributed by atoms with Crippen LogP contribution in [0.15, 0.2) is 30.3 Å². The van der Waals surface area contributed by atoms with Crippen molar-refractivity contribution in [2.24, 2.45) is 0 Å². The van der Waals surface area contributed by atoms with Crippen LogP contribution in [0.4, 0.5) is 0 Å². The zero-order valence-corrected chi connectivity index (χ0v) is 12.1. The van der Waals surface area contributed by atoms with Crippen LogP contribution in [0.5, 0.6) is 0 Å². The van der Waals surface area contributed by atoms with E-state index in [9.17, 15) is 14.7 Å². The summed E-state index contributed by atoms with van der Waals surface area (Å²) in [6.07, 6.45) is 3.99. The van der Waals surface area contributed by atoms with Crippen LogP contribution in [0, 0.1) is 0 Å². The molecule has 1 aliphatic rings. The van der Waals surface area contributed by atoms with Gasteiger partial charge in [0.2, 0.25) is 0 Å². The van der Waals surface area contributed by atoms with Gasteiger partial charge in [-0.1, -0.05) is 43.2 Å². The van der Waals surface area contributed by atoms with E-state index in [2.05, 4.69) is 10.6 Å². The van der Waals surface area contributed by atoms with Gasteiger partial charge in [-0.2, -0.15) is 0 Å². The highest BCUT2D eigenvalue weighted by Gasteiger charge is 2.31. The maximum absolute atomic E-state index is 11.7. The molecule has 1 aliphatic carbocycles. The lowest BCUT2D eigenvalue weighted by atomic mass is 10.0. The molecule has 1 aromatic carbocycles. The van der Waals surface area contributed by atoms with Crippen LogP contribution >= 0.6 is 0 Å². The van der Waals surface area contributed by atoms with Crippen LogP contribution in [0.2, 0.25) is 0 Å². The third kappa shape index (κ3) is 4.86. The van der Waals surface area contributed by atoms with Gasteiger partial charge < -0.3 is 15.7 Å². The number of nitrogens with one attached hydrogen (secondary N) is 2. The molecule has 0 heterocycles. The van der Waals surface area contributed by atoms with Crippen LogP contribution in [-0.4, -0.2) is 35.6 Å². The van der Waals surface area contributed by atoms with Crippen LogP contribution in [0.25, 0.3) is 0 Å². The second-order valence-electron chi connectivity index (χ2n) is 5.61. The first-order valence-electron chi connectivity index (χ1n) is 7.41. The second kappa shape index (κ2) is 7.22. The van der Waals surface area contributed by atoms with Gasteiger partial charge in [0.05, 0.1) is 5.60 Å². The van der Waals surface area contributed by atoms with E-state index in [0.717, 1.165) is 18.4 Å². The third-order valence-corrected chi connectivity index (χ3v) is 3.86. The molecular weight excluding hydrogens is 268 g/mol. The number of hydrogen-bond donors (Lipinski definition) is 3. The number of benzene rings is 1. The largest absolute Gasteiger partial charge is 0.388 e. The summed E-state index contributed by atoms with van der Waals surface area (Å²) in [7, 11) is 0. The minimum atomic E-state index is -0.833. The highest BCUT2D eigenvalue weighted by Crippen LogP contribution is 2.28. The van der Waals surface area contributed by atoms with Gasteiger partial charge in [-0.05, 0) is 24.8 Å². The zero-order chi connectivity index (χ0) is 15.1. The minimum absolute atomic E-state index is 0.151. The van der Waals surface area contributed by atoms with E-state index < -0.39 is 17.4 Å². The van der Waals surface area contributed by atoms with Crippen molar-refractivity contribution in [1.29, 1.82) is 0 Å². The molecule has 3 N–H and O–H groups in total. The van der Waals surface area contributed by atoms with Crippen molar-refractivity contribution in [1.82, 2.24) is 10.6 Å². The molecule has 2 amide bonds. The Bertz CT molecular complexity index is 482. The van der Waals surface area contributed by atoms with Crippen molar-refractivity contribution >= 4 is 11.8 Å². The van der Waals surface area contributed by atoms with Gasteiger partial charge in [-0.25, -0.2) is 0 Å². The van der Waals surface area contributed by atoms with Gasteiger partial charge in [-0.3, -0.25) is 9.59 Å². The topological polar surface area (TPSA) is 78.4 Å². The van der Waals surface area contributed by atoms with Crippen molar-refractivity contribution in [2.45, 2.75) is 37.7 Å². The molecule has 2 rings (SSSR count). The molecule has 1 aromatic rings. The Morgan fingerprint density at radius 1 is 1.05 bits per heavy atom. The number of amides is 2. The van der Waals surface area contributed by atoms with Gasteiger partial charge in [0.25, 0.3) is 0 Å². The van der Waals surface area contributed by atoms with E-state index in [4.69, 9.17) is 0 Å². The minimum Gasteiger partial charge on any atom is -0.388 e. The molecule has 0 unspecified atom stereocenters. The van der Waals surface area contributed by atoms with Gasteiger partial charge in [0.15, 0.2) is 0 Å². The van der Waals surface area contributed by atoms with E-state index in [1.165, 1.54) is 0 Å². The summed E-state index contributed by atoms with van der Waals surface area (Å²) in [6.45, 7) is 0.568. The van der Waals surface area contributed by atoms with E-state index in [-0.39, 0.29) is 6.54 Å². The Labute approximate surface area is 124 Å². The summed E-state index contributed by atoms with van der Waals surface area (Å²) >= 11 is 0. The third-order valence-electron chi connectivity index (χ3n) is 3.86. The van der Waals surface area contributed by atoms with Crippen LogP contribution in [-0.2, 0) is 16.0 Å². The van der Waals surface area contributed by atoms with Crippen molar-refractivity contribution in [3.63, 3.8) is 0 Å². The van der Waals surface area contributed by atoms with Crippen molar-refractivity contribution in [2.75, 3.05) is 13.1 Å². The molecule has 0 aliphatic heterocycles. The Balaban J connectivity index is 1.67. The SMILES string of the molecule is O=C(NCCc1ccccc1)C(=O)NCC1(O)CCCC1. The molecule has 5 nitrogen and oxygen atoms in total. The summed E-state index contributed by atoms with van der Waals surface area (Å²) in [5.74, 6) is -1.32. The first kappa shape index (κ1) is 15.5. The van der Waals surface area contributed by atoms with Crippen LogP contribution in [0.1, 0.15) is 31.2 Å². The van der Waals surface area contributed by atoms with E-state index in [0.29, 0.717) is 25.8 Å². The monoisotopic (exact) mass is 290 g/mol. The summed E-state index contributed by atoms with van der Waals surface area (Å²) in [4.78, 5) is 23.3. The normalized spacial score (nSPS) is 16.4. The molecule has 5 heteroatoms. The average Bonchev–Trinajstić information content (AvgIpc) is 2.93. The lowest BCUT2D eigenvalue weighted by Gasteiger charge is -2.22. The molecule has 0 bridgehead atoms. The first-order chi connectivity index (χ1) is 10.1. The summed E-state index contributed by atoms with van der Waals surface area (Å²) in [5, 5.41) is 15.2. The highest BCUT2D eigenvalue weighted by molar-refractivity contribution is 6.35. The van der Waals surface area contributed by atoms with Crippen molar-refractivity contribution < 1.29 is 14.7 Å². The van der Waals surface area contributed by atoms with Crippen molar-refractivity contribution in [3.05, 3.63) is 35.9 Å². The first-order valence-corrected chi connectivity index (χ1v) is 7.41. The van der Waals surface area contributed by atoms with Crippen LogP contribution < -0.4 is 10.6 Å². The van der Waals surface area contributed by atoms with Gasteiger partial charge in [0.1, 0.15) is 0 Å². The number of hydrogen-bond acceptors (Lipinski definition) is 3. The molecule has 21 heavy (non-hydrogen) atoms. The number of carbonyl (C=O) groups is 2. The van der Waals surface area contributed by atoms with Crippen molar-refractivity contribution in [3.8, 4) is 0 Å². The molecule has 0 saturated heterocycles. The quantitative estimate of drug-likeness (QED) is 0.701. The fourth-order valence-corrected chi connectivity index (χ4v) is 2.58. The molecule has 0 spiro atoms. The predicted octanol–water partition coefficient (Wildman–Crippen LogP) is 0.767. The lowest BCUT2D eigenvalue weighted by molar-refractivity contribution is -0.139. The summed E-state index contributed by atoms with van der Waals surface area (Å²) in [5.41, 5.74) is 0.276. The molecule has 0 atom stereocenters. The van der Waals surface area contributed by atoms with Gasteiger partial charge in [-0.15, -0.1) is 0 Å². The summed E-state index contributed by atoms with van der Waals surface area (Å²) < 4.78 is 0. The van der Waals surface area contributed by atoms with Gasteiger partial charge in [0, 0.05) is 13.1 Å². The van der Waals surface area contributed by atoms with E-state index >= 15 is 0 Å². The van der Waals surface area contributed by atoms with Gasteiger partial charge >= 0.3 is 11.8 Å². The van der Waals surface area contributed by atoms with E-state index in [1.54, 1.807) is 0 Å². The molecule has 0 aromatic heterocycles. The molecule has 1 saturated carbocycles. The van der Waals surface area contributed by atoms with E-state index in [1.807, 2.05) is 30.3 Å². The zero-order valence-electron chi connectivity index (χ0n) is 12.1. The number of carbonyl (C=O) groups excluding carboxylic acids is 2. The molecule has 1 fully saturated rings.